The number of benzene rings is 1. The van der Waals surface area contributed by atoms with Crippen LogP contribution in [0.15, 0.2) is 58.6 Å². The third kappa shape index (κ3) is 4.25. The van der Waals surface area contributed by atoms with E-state index in [1.165, 1.54) is 0 Å². The van der Waals surface area contributed by atoms with Crippen molar-refractivity contribution in [2.45, 2.75) is 6.18 Å². The smallest absolute Gasteiger partial charge is 0.300 e. The highest BCUT2D eigenvalue weighted by Gasteiger charge is 2.33. The average Bonchev–Trinajstić information content (AvgIpc) is 3.01. The molecule has 0 bridgehead atoms. The van der Waals surface area contributed by atoms with E-state index in [0.29, 0.717) is 4.91 Å². The molecular formula is C19H10ClF3N4OS. The summed E-state index contributed by atoms with van der Waals surface area (Å²) in [5.41, 5.74) is 0.560. The molecule has 3 aromatic rings. The van der Waals surface area contributed by atoms with Gasteiger partial charge in [-0.1, -0.05) is 23.7 Å². The number of pyridine rings is 2. The highest BCUT2D eigenvalue weighted by Crippen LogP contribution is 2.34. The number of halogens is 4. The number of rotatable bonds is 2. The van der Waals surface area contributed by atoms with E-state index in [-0.39, 0.29) is 16.8 Å². The number of carbonyl (C=O) groups excluding carboxylic acids is 1. The third-order valence-corrected chi connectivity index (χ3v) is 5.11. The largest absolute Gasteiger partial charge is 0.433 e. The number of nitrogens with one attached hydrogen (secondary N) is 1. The molecule has 0 spiro atoms. The van der Waals surface area contributed by atoms with Gasteiger partial charge in [0.2, 0.25) is 0 Å². The lowest BCUT2D eigenvalue weighted by molar-refractivity contribution is -0.141. The lowest BCUT2D eigenvalue weighted by Crippen LogP contribution is -2.19. The minimum atomic E-state index is -4.60. The Labute approximate surface area is 171 Å². The fraction of sp³-hybridized carbons (Fsp3) is 0.0526. The quantitative estimate of drug-likeness (QED) is 0.445. The van der Waals surface area contributed by atoms with Gasteiger partial charge < -0.3 is 5.32 Å². The molecule has 1 amide bonds. The predicted molar refractivity (Wildman–Crippen MR) is 107 cm³/mol. The topological polar surface area (TPSA) is 67.2 Å². The first-order valence-corrected chi connectivity index (χ1v) is 9.37. The van der Waals surface area contributed by atoms with Gasteiger partial charge in [-0.2, -0.15) is 13.2 Å². The zero-order valence-corrected chi connectivity index (χ0v) is 15.9. The van der Waals surface area contributed by atoms with Crippen molar-refractivity contribution in [1.82, 2.24) is 15.3 Å². The van der Waals surface area contributed by atoms with Crippen LogP contribution in [0.3, 0.4) is 0 Å². The maximum atomic E-state index is 12.7. The number of amidine groups is 1. The molecule has 0 saturated carbocycles. The van der Waals surface area contributed by atoms with Crippen molar-refractivity contribution >= 4 is 57.1 Å². The van der Waals surface area contributed by atoms with E-state index in [9.17, 15) is 18.0 Å². The SMILES string of the molecule is O=C1NC(=Nc2ccc(C(F)(F)F)nc2Cl)S/C1=C\c1ccc2ncccc2c1. The minimum Gasteiger partial charge on any atom is -0.300 e. The van der Waals surface area contributed by atoms with Crippen molar-refractivity contribution in [3.05, 3.63) is 70.0 Å². The molecule has 0 radical (unpaired) electrons. The normalized spacial score (nSPS) is 17.3. The van der Waals surface area contributed by atoms with Gasteiger partial charge in [0.1, 0.15) is 11.4 Å². The fourth-order valence-electron chi connectivity index (χ4n) is 2.59. The average molecular weight is 435 g/mol. The number of alkyl halides is 3. The molecule has 1 N–H and O–H groups in total. The zero-order chi connectivity index (χ0) is 20.6. The maximum Gasteiger partial charge on any atom is 0.433 e. The highest BCUT2D eigenvalue weighted by atomic mass is 35.5. The van der Waals surface area contributed by atoms with Crippen molar-refractivity contribution in [2.24, 2.45) is 4.99 Å². The summed E-state index contributed by atoms with van der Waals surface area (Å²) in [5, 5.41) is 3.30. The lowest BCUT2D eigenvalue weighted by Gasteiger charge is -2.06. The van der Waals surface area contributed by atoms with E-state index < -0.39 is 17.0 Å². The van der Waals surface area contributed by atoms with Crippen LogP contribution in [0.2, 0.25) is 5.15 Å². The number of aromatic nitrogens is 2. The van der Waals surface area contributed by atoms with E-state index >= 15 is 0 Å². The van der Waals surface area contributed by atoms with Gasteiger partial charge in [-0.3, -0.25) is 9.78 Å². The molecular weight excluding hydrogens is 425 g/mol. The summed E-state index contributed by atoms with van der Waals surface area (Å²) in [4.78, 5) is 24.3. The summed E-state index contributed by atoms with van der Waals surface area (Å²) in [7, 11) is 0. The van der Waals surface area contributed by atoms with Crippen LogP contribution in [0.25, 0.3) is 17.0 Å². The standard InChI is InChI=1S/C19H10ClF3N4OS/c20-16-13(5-6-15(26-16)19(21,22)23)25-18-27-17(28)14(29-18)9-10-3-4-12-11(8-10)2-1-7-24-12/h1-9H,(H,25,27,28)/b14-9-. The van der Waals surface area contributed by atoms with E-state index in [1.54, 1.807) is 12.3 Å². The van der Waals surface area contributed by atoms with Crippen molar-refractivity contribution < 1.29 is 18.0 Å². The second kappa shape index (κ2) is 7.49. The molecule has 1 fully saturated rings. The Bertz CT molecular complexity index is 1190. The lowest BCUT2D eigenvalue weighted by atomic mass is 10.1. The molecule has 1 saturated heterocycles. The Morgan fingerprint density at radius 2 is 2.00 bits per heavy atom. The van der Waals surface area contributed by atoms with Crippen LogP contribution in [0.5, 0.6) is 0 Å². The maximum absolute atomic E-state index is 12.7. The molecule has 29 heavy (non-hydrogen) atoms. The number of thioether (sulfide) groups is 1. The monoisotopic (exact) mass is 434 g/mol. The second-order valence-electron chi connectivity index (χ2n) is 5.94. The van der Waals surface area contributed by atoms with Crippen LogP contribution >= 0.6 is 23.4 Å². The number of amides is 1. The van der Waals surface area contributed by atoms with Gasteiger partial charge in [-0.25, -0.2) is 9.98 Å². The summed E-state index contributed by atoms with van der Waals surface area (Å²) < 4.78 is 38.0. The van der Waals surface area contributed by atoms with E-state index in [4.69, 9.17) is 11.6 Å². The van der Waals surface area contributed by atoms with Crippen LogP contribution in [-0.2, 0) is 11.0 Å². The zero-order valence-electron chi connectivity index (χ0n) is 14.4. The molecule has 0 unspecified atom stereocenters. The Kier molecular flexibility index (Phi) is 5.01. The first kappa shape index (κ1) is 19.4. The van der Waals surface area contributed by atoms with Crippen molar-refractivity contribution in [3.8, 4) is 0 Å². The molecule has 0 aliphatic carbocycles. The molecule has 5 nitrogen and oxygen atoms in total. The van der Waals surface area contributed by atoms with Gasteiger partial charge in [0.05, 0.1) is 10.4 Å². The van der Waals surface area contributed by atoms with Crippen molar-refractivity contribution in [3.63, 3.8) is 0 Å². The van der Waals surface area contributed by atoms with Gasteiger partial charge >= 0.3 is 6.18 Å². The molecule has 1 aliphatic rings. The predicted octanol–water partition coefficient (Wildman–Crippen LogP) is 5.19. The first-order chi connectivity index (χ1) is 13.8. The molecule has 2 aromatic heterocycles. The minimum absolute atomic E-state index is 0.0282. The summed E-state index contributed by atoms with van der Waals surface area (Å²) in [5.74, 6) is -0.365. The van der Waals surface area contributed by atoms with Crippen LogP contribution < -0.4 is 5.32 Å². The molecule has 4 rings (SSSR count). The Morgan fingerprint density at radius 1 is 1.17 bits per heavy atom. The van der Waals surface area contributed by atoms with Gasteiger partial charge in [-0.05, 0) is 53.7 Å². The van der Waals surface area contributed by atoms with Crippen LogP contribution in [0.1, 0.15) is 11.3 Å². The second-order valence-corrected chi connectivity index (χ2v) is 7.33. The van der Waals surface area contributed by atoms with Crippen LogP contribution in [-0.4, -0.2) is 21.0 Å². The number of hydrogen-bond acceptors (Lipinski definition) is 5. The Hall–Kier alpha value is -2.91. The highest BCUT2D eigenvalue weighted by molar-refractivity contribution is 8.18. The number of nitrogens with zero attached hydrogens (tertiary/aromatic N) is 3. The molecule has 3 heterocycles. The van der Waals surface area contributed by atoms with Gasteiger partial charge in [-0.15, -0.1) is 0 Å². The first-order valence-electron chi connectivity index (χ1n) is 8.18. The third-order valence-electron chi connectivity index (χ3n) is 3.92. The van der Waals surface area contributed by atoms with Crippen LogP contribution in [0, 0.1) is 0 Å². The van der Waals surface area contributed by atoms with Crippen molar-refractivity contribution in [2.75, 3.05) is 0 Å². The Morgan fingerprint density at radius 3 is 2.76 bits per heavy atom. The number of hydrogen-bond donors (Lipinski definition) is 1. The number of aliphatic imine (C=N–C) groups is 1. The van der Waals surface area contributed by atoms with E-state index in [1.807, 2.05) is 30.3 Å². The van der Waals surface area contributed by atoms with Crippen LogP contribution in [0.4, 0.5) is 18.9 Å². The van der Waals surface area contributed by atoms with E-state index in [2.05, 4.69) is 20.3 Å². The molecule has 146 valence electrons. The number of fused-ring (bicyclic) bond motifs is 1. The molecule has 0 atom stereocenters. The summed E-state index contributed by atoms with van der Waals surface area (Å²) >= 11 is 6.87. The van der Waals surface area contributed by atoms with Gasteiger partial charge in [0, 0.05) is 11.6 Å². The van der Waals surface area contributed by atoms with Gasteiger partial charge in [0.15, 0.2) is 10.3 Å². The summed E-state index contributed by atoms with van der Waals surface area (Å²) in [6.07, 6.45) is -1.21. The number of carbonyl (C=O) groups is 1. The summed E-state index contributed by atoms with van der Waals surface area (Å²) in [6, 6.07) is 11.2. The Balaban J connectivity index is 1.59. The molecule has 1 aliphatic heterocycles. The summed E-state index contributed by atoms with van der Waals surface area (Å²) in [6.45, 7) is 0. The molecule has 10 heteroatoms. The van der Waals surface area contributed by atoms with E-state index in [0.717, 1.165) is 40.4 Å². The van der Waals surface area contributed by atoms with Gasteiger partial charge in [0.25, 0.3) is 5.91 Å². The molecule has 1 aromatic carbocycles. The fourth-order valence-corrected chi connectivity index (χ4v) is 3.62. The van der Waals surface area contributed by atoms with Crippen molar-refractivity contribution in [1.29, 1.82) is 0 Å².